The average molecular weight is 279 g/mol. The minimum atomic E-state index is -0.0558. The summed E-state index contributed by atoms with van der Waals surface area (Å²) in [6.45, 7) is 4.04. The Morgan fingerprint density at radius 1 is 1.30 bits per heavy atom. The Morgan fingerprint density at radius 2 is 2.00 bits per heavy atom. The van der Waals surface area contributed by atoms with Gasteiger partial charge in [-0.2, -0.15) is 0 Å². The highest BCUT2D eigenvalue weighted by molar-refractivity contribution is 5.95. The molecule has 1 aliphatic carbocycles. The summed E-state index contributed by atoms with van der Waals surface area (Å²) in [6.07, 6.45) is 7.18. The Hall–Kier alpha value is -1.29. The molecular weight excluding hydrogens is 254 g/mol. The summed E-state index contributed by atoms with van der Waals surface area (Å²) in [5.74, 6) is 1.58. The third-order valence-electron chi connectivity index (χ3n) is 4.06. The van der Waals surface area contributed by atoms with E-state index in [0.29, 0.717) is 5.56 Å². The van der Waals surface area contributed by atoms with E-state index >= 15 is 0 Å². The molecule has 1 heterocycles. The maximum Gasteiger partial charge on any atom is 0.281 e. The first-order chi connectivity index (χ1) is 9.71. The Morgan fingerprint density at radius 3 is 2.55 bits per heavy atom. The zero-order valence-corrected chi connectivity index (χ0v) is 12.8. The maximum absolute atomic E-state index is 12.7. The van der Waals surface area contributed by atoms with Gasteiger partial charge < -0.3 is 4.42 Å². The first-order valence-electron chi connectivity index (χ1n) is 7.70. The lowest BCUT2D eigenvalue weighted by Crippen LogP contribution is -2.40. The highest BCUT2D eigenvalue weighted by Gasteiger charge is 2.29. The Balaban J connectivity index is 2.20. The van der Waals surface area contributed by atoms with Crippen LogP contribution in [-0.4, -0.2) is 24.1 Å². The first-order valence-corrected chi connectivity index (χ1v) is 7.70. The zero-order valence-electron chi connectivity index (χ0n) is 12.8. The second-order valence-electron chi connectivity index (χ2n) is 5.36. The van der Waals surface area contributed by atoms with Crippen molar-refractivity contribution < 1.29 is 14.0 Å². The van der Waals surface area contributed by atoms with Crippen LogP contribution in [0.4, 0.5) is 0 Å². The quantitative estimate of drug-likeness (QED) is 0.771. The van der Waals surface area contributed by atoms with Gasteiger partial charge in [-0.05, 0) is 18.9 Å². The number of hydrogen-bond donors (Lipinski definition) is 0. The molecule has 0 aliphatic heterocycles. The summed E-state index contributed by atoms with van der Waals surface area (Å²) < 4.78 is 5.71. The summed E-state index contributed by atoms with van der Waals surface area (Å²) >= 11 is 0. The lowest BCUT2D eigenvalue weighted by molar-refractivity contribution is -0.129. The summed E-state index contributed by atoms with van der Waals surface area (Å²) in [6, 6.07) is 2.07. The monoisotopic (exact) mass is 279 g/mol. The van der Waals surface area contributed by atoms with Crippen molar-refractivity contribution in [3.63, 3.8) is 0 Å². The third kappa shape index (κ3) is 3.06. The smallest absolute Gasteiger partial charge is 0.281 e. The molecule has 0 radical (unpaired) electrons. The van der Waals surface area contributed by atoms with Gasteiger partial charge in [-0.25, -0.2) is 5.06 Å². The second-order valence-corrected chi connectivity index (χ2v) is 5.36. The molecule has 0 spiro atoms. The van der Waals surface area contributed by atoms with E-state index in [1.807, 2.05) is 19.9 Å². The van der Waals surface area contributed by atoms with Gasteiger partial charge in [0.05, 0.1) is 18.7 Å². The predicted molar refractivity (Wildman–Crippen MR) is 77.5 cm³/mol. The Bertz CT molecular complexity index is 447. The number of rotatable bonds is 5. The molecule has 1 aromatic rings. The lowest BCUT2D eigenvalue weighted by Gasteiger charge is -2.31. The number of nitrogens with zero attached hydrogens (tertiary/aromatic N) is 1. The molecule has 0 aromatic carbocycles. The average Bonchev–Trinajstić information content (AvgIpc) is 2.92. The normalized spacial score (nSPS) is 16.4. The highest BCUT2D eigenvalue weighted by Crippen LogP contribution is 2.26. The Labute approximate surface area is 121 Å². The topological polar surface area (TPSA) is 42.7 Å². The minimum absolute atomic E-state index is 0.0558. The van der Waals surface area contributed by atoms with Gasteiger partial charge in [0, 0.05) is 12.8 Å². The molecule has 4 heteroatoms. The molecule has 0 N–H and O–H groups in total. The fourth-order valence-electron chi connectivity index (χ4n) is 2.93. The second kappa shape index (κ2) is 6.93. The van der Waals surface area contributed by atoms with Crippen LogP contribution in [0.3, 0.4) is 0 Å². The number of hydrogen-bond acceptors (Lipinski definition) is 3. The van der Waals surface area contributed by atoms with Crippen molar-refractivity contribution >= 4 is 5.91 Å². The number of hydroxylamine groups is 2. The third-order valence-corrected chi connectivity index (χ3v) is 4.06. The van der Waals surface area contributed by atoms with Crippen molar-refractivity contribution in [2.75, 3.05) is 7.11 Å². The fourth-order valence-corrected chi connectivity index (χ4v) is 2.93. The molecule has 0 saturated heterocycles. The number of carbonyl (C=O) groups excluding carboxylic acids is 1. The van der Waals surface area contributed by atoms with E-state index in [0.717, 1.165) is 37.2 Å². The molecule has 0 unspecified atom stereocenters. The van der Waals surface area contributed by atoms with E-state index in [-0.39, 0.29) is 11.9 Å². The van der Waals surface area contributed by atoms with Gasteiger partial charge in [0.2, 0.25) is 0 Å². The molecule has 20 heavy (non-hydrogen) atoms. The van der Waals surface area contributed by atoms with Crippen LogP contribution in [-0.2, 0) is 17.7 Å². The van der Waals surface area contributed by atoms with Crippen LogP contribution in [0.15, 0.2) is 10.5 Å². The van der Waals surface area contributed by atoms with Crippen molar-refractivity contribution in [3.8, 4) is 0 Å². The fraction of sp³-hybridized carbons (Fsp3) is 0.688. The Kier molecular flexibility index (Phi) is 5.24. The SMILES string of the molecule is CCc1cc(C(=O)N(OC)C2CCCCC2)c(CC)o1. The van der Waals surface area contributed by atoms with Crippen LogP contribution in [0, 0.1) is 0 Å². The highest BCUT2D eigenvalue weighted by atomic mass is 16.7. The van der Waals surface area contributed by atoms with Gasteiger partial charge in [0.15, 0.2) is 0 Å². The molecular formula is C16H25NO3. The van der Waals surface area contributed by atoms with Gasteiger partial charge in [-0.3, -0.25) is 9.63 Å². The van der Waals surface area contributed by atoms with Gasteiger partial charge in [-0.1, -0.05) is 33.1 Å². The largest absolute Gasteiger partial charge is 0.465 e. The predicted octanol–water partition coefficient (Wildman–Crippen LogP) is 3.74. The van der Waals surface area contributed by atoms with E-state index in [1.54, 1.807) is 12.2 Å². The number of furan rings is 1. The molecule has 1 saturated carbocycles. The van der Waals surface area contributed by atoms with Crippen LogP contribution in [0.5, 0.6) is 0 Å². The summed E-state index contributed by atoms with van der Waals surface area (Å²) in [4.78, 5) is 18.1. The van der Waals surface area contributed by atoms with E-state index in [4.69, 9.17) is 9.25 Å². The van der Waals surface area contributed by atoms with Gasteiger partial charge in [-0.15, -0.1) is 0 Å². The van der Waals surface area contributed by atoms with Gasteiger partial charge >= 0.3 is 0 Å². The van der Waals surface area contributed by atoms with Crippen LogP contribution < -0.4 is 0 Å². The van der Waals surface area contributed by atoms with Crippen LogP contribution in [0.1, 0.15) is 67.8 Å². The van der Waals surface area contributed by atoms with Crippen molar-refractivity contribution in [1.82, 2.24) is 5.06 Å². The number of aryl methyl sites for hydroxylation is 2. The van der Waals surface area contributed by atoms with Gasteiger partial charge in [0.25, 0.3) is 5.91 Å². The zero-order chi connectivity index (χ0) is 14.5. The molecule has 4 nitrogen and oxygen atoms in total. The van der Waals surface area contributed by atoms with Crippen LogP contribution in [0.25, 0.3) is 0 Å². The maximum atomic E-state index is 12.7. The number of amides is 1. The van der Waals surface area contributed by atoms with Crippen molar-refractivity contribution in [3.05, 3.63) is 23.2 Å². The van der Waals surface area contributed by atoms with Crippen molar-refractivity contribution in [2.45, 2.75) is 64.8 Å². The lowest BCUT2D eigenvalue weighted by atomic mass is 9.95. The van der Waals surface area contributed by atoms with Crippen LogP contribution in [0.2, 0.25) is 0 Å². The summed E-state index contributed by atoms with van der Waals surface area (Å²) in [5, 5.41) is 1.56. The summed E-state index contributed by atoms with van der Waals surface area (Å²) in [5.41, 5.74) is 0.664. The van der Waals surface area contributed by atoms with Crippen molar-refractivity contribution in [2.24, 2.45) is 0 Å². The standard InChI is InChI=1S/C16H25NO3/c1-4-13-11-14(15(5-2)20-13)16(18)17(19-3)12-9-7-6-8-10-12/h11-12H,4-10H2,1-3H3. The van der Waals surface area contributed by atoms with Crippen LogP contribution >= 0.6 is 0 Å². The van der Waals surface area contributed by atoms with E-state index in [2.05, 4.69) is 0 Å². The molecule has 0 bridgehead atoms. The molecule has 1 amide bonds. The first kappa shape index (κ1) is 15.1. The molecule has 1 aromatic heterocycles. The molecule has 2 rings (SSSR count). The minimum Gasteiger partial charge on any atom is -0.465 e. The van der Waals surface area contributed by atoms with E-state index < -0.39 is 0 Å². The van der Waals surface area contributed by atoms with E-state index in [1.165, 1.54) is 19.3 Å². The summed E-state index contributed by atoms with van der Waals surface area (Å²) in [7, 11) is 1.58. The van der Waals surface area contributed by atoms with E-state index in [9.17, 15) is 4.79 Å². The molecule has 0 atom stereocenters. The van der Waals surface area contributed by atoms with Crippen molar-refractivity contribution in [1.29, 1.82) is 0 Å². The number of carbonyl (C=O) groups is 1. The molecule has 112 valence electrons. The molecule has 1 aliphatic rings. The van der Waals surface area contributed by atoms with Gasteiger partial charge in [0.1, 0.15) is 11.5 Å². The molecule has 1 fully saturated rings.